The summed E-state index contributed by atoms with van der Waals surface area (Å²) in [7, 11) is 3.21. The molecule has 8 heteroatoms. The summed E-state index contributed by atoms with van der Waals surface area (Å²) < 4.78 is 7.02. The zero-order valence-corrected chi connectivity index (χ0v) is 19.2. The Hall–Kier alpha value is -3.84. The fourth-order valence-electron chi connectivity index (χ4n) is 3.57. The molecule has 3 aromatic carbocycles. The highest BCUT2D eigenvalue weighted by molar-refractivity contribution is 6.30. The molecule has 0 bridgehead atoms. The normalized spacial score (nSPS) is 11.8. The SMILES string of the molecule is COc1ccccc1-n1c(C(C)N(C)C(=O)Nc2ccc(Cl)cc2)nc2ccccc2c1=O. The van der Waals surface area contributed by atoms with Crippen LogP contribution in [-0.2, 0) is 0 Å². The van der Waals surface area contributed by atoms with Gasteiger partial charge in [0.15, 0.2) is 0 Å². The van der Waals surface area contributed by atoms with Crippen LogP contribution in [0.1, 0.15) is 18.8 Å². The van der Waals surface area contributed by atoms with Crippen molar-refractivity contribution in [1.29, 1.82) is 0 Å². The van der Waals surface area contributed by atoms with E-state index in [0.717, 1.165) is 0 Å². The molecule has 1 heterocycles. The fourth-order valence-corrected chi connectivity index (χ4v) is 3.70. The van der Waals surface area contributed by atoms with E-state index in [1.165, 1.54) is 9.47 Å². The second-order valence-electron chi connectivity index (χ2n) is 7.52. The molecule has 0 saturated heterocycles. The van der Waals surface area contributed by atoms with Crippen molar-refractivity contribution < 1.29 is 9.53 Å². The zero-order chi connectivity index (χ0) is 23.5. The number of amides is 2. The number of hydrogen-bond acceptors (Lipinski definition) is 4. The van der Waals surface area contributed by atoms with Crippen LogP contribution in [-0.4, -0.2) is 34.6 Å². The smallest absolute Gasteiger partial charge is 0.322 e. The highest BCUT2D eigenvalue weighted by atomic mass is 35.5. The number of aromatic nitrogens is 2. The summed E-state index contributed by atoms with van der Waals surface area (Å²) >= 11 is 5.93. The highest BCUT2D eigenvalue weighted by Crippen LogP contribution is 2.27. The Bertz CT molecular complexity index is 1370. The molecule has 0 fully saturated rings. The minimum Gasteiger partial charge on any atom is -0.495 e. The lowest BCUT2D eigenvalue weighted by Gasteiger charge is -2.27. The standard InChI is InChI=1S/C25H23ClN4O3/c1-16(29(2)25(32)27-18-14-12-17(26)13-15-18)23-28-20-9-5-4-8-19(20)24(31)30(23)21-10-6-7-11-22(21)33-3/h4-16H,1-3H3,(H,27,32). The van der Waals surface area contributed by atoms with Crippen LogP contribution in [0.2, 0.25) is 5.02 Å². The van der Waals surface area contributed by atoms with Crippen molar-refractivity contribution in [3.05, 3.63) is 94.0 Å². The number of ether oxygens (including phenoxy) is 1. The number of nitrogens with one attached hydrogen (secondary N) is 1. The third kappa shape index (κ3) is 4.40. The van der Waals surface area contributed by atoms with Crippen LogP contribution >= 0.6 is 11.6 Å². The third-order valence-electron chi connectivity index (χ3n) is 5.50. The molecule has 0 spiro atoms. The Morgan fingerprint density at radius 1 is 1.06 bits per heavy atom. The number of urea groups is 1. The van der Waals surface area contributed by atoms with Crippen LogP contribution < -0.4 is 15.6 Å². The van der Waals surface area contributed by atoms with Gasteiger partial charge in [0.05, 0.1) is 29.7 Å². The Labute approximate surface area is 196 Å². The summed E-state index contributed by atoms with van der Waals surface area (Å²) in [6.45, 7) is 1.82. The Morgan fingerprint density at radius 3 is 2.45 bits per heavy atom. The molecule has 0 saturated carbocycles. The largest absolute Gasteiger partial charge is 0.495 e. The van der Waals surface area contributed by atoms with E-state index in [0.29, 0.717) is 38.9 Å². The number of methoxy groups -OCH3 is 1. The third-order valence-corrected chi connectivity index (χ3v) is 5.75. The maximum Gasteiger partial charge on any atom is 0.322 e. The van der Waals surface area contributed by atoms with Crippen LogP contribution in [0, 0.1) is 0 Å². The van der Waals surface area contributed by atoms with Gasteiger partial charge >= 0.3 is 6.03 Å². The number of benzene rings is 3. The molecule has 4 aromatic rings. The van der Waals surface area contributed by atoms with Gasteiger partial charge in [0.2, 0.25) is 0 Å². The van der Waals surface area contributed by atoms with Crippen LogP contribution in [0.5, 0.6) is 5.75 Å². The number of fused-ring (bicyclic) bond motifs is 1. The van der Waals surface area contributed by atoms with E-state index in [9.17, 15) is 9.59 Å². The first kappa shape index (κ1) is 22.4. The number of rotatable bonds is 5. The van der Waals surface area contributed by atoms with Gasteiger partial charge in [-0.3, -0.25) is 9.36 Å². The molecule has 4 rings (SSSR count). The molecule has 1 unspecified atom stereocenters. The van der Waals surface area contributed by atoms with Gasteiger partial charge in [-0.15, -0.1) is 0 Å². The van der Waals surface area contributed by atoms with Gasteiger partial charge in [0, 0.05) is 17.8 Å². The Morgan fingerprint density at radius 2 is 1.73 bits per heavy atom. The highest BCUT2D eigenvalue weighted by Gasteiger charge is 2.25. The molecule has 1 N–H and O–H groups in total. The molecule has 0 aliphatic rings. The first-order valence-electron chi connectivity index (χ1n) is 10.3. The number of carbonyl (C=O) groups excluding carboxylic acids is 1. The lowest BCUT2D eigenvalue weighted by Crippen LogP contribution is -2.37. The molecule has 2 amide bonds. The maximum absolute atomic E-state index is 13.6. The van der Waals surface area contributed by atoms with Crippen molar-refractivity contribution in [2.75, 3.05) is 19.5 Å². The van der Waals surface area contributed by atoms with Crippen molar-refractivity contribution in [2.24, 2.45) is 0 Å². The molecule has 0 aliphatic carbocycles. The number of halogens is 1. The number of hydrogen-bond donors (Lipinski definition) is 1. The quantitative estimate of drug-likeness (QED) is 0.438. The van der Waals surface area contributed by atoms with Gasteiger partial charge in [-0.1, -0.05) is 35.9 Å². The van der Waals surface area contributed by atoms with E-state index in [1.807, 2.05) is 25.1 Å². The second kappa shape index (κ2) is 9.34. The van der Waals surface area contributed by atoms with E-state index in [4.69, 9.17) is 21.3 Å². The average Bonchev–Trinajstić information content (AvgIpc) is 2.84. The topological polar surface area (TPSA) is 76.5 Å². The van der Waals surface area contributed by atoms with Crippen molar-refractivity contribution in [2.45, 2.75) is 13.0 Å². The van der Waals surface area contributed by atoms with E-state index in [1.54, 1.807) is 68.8 Å². The van der Waals surface area contributed by atoms with Crippen molar-refractivity contribution in [3.63, 3.8) is 0 Å². The fraction of sp³-hybridized carbons (Fsp3) is 0.160. The van der Waals surface area contributed by atoms with E-state index in [-0.39, 0.29) is 11.6 Å². The first-order valence-corrected chi connectivity index (χ1v) is 10.7. The molecule has 1 atom stereocenters. The Kier molecular flexibility index (Phi) is 6.33. The van der Waals surface area contributed by atoms with Gasteiger partial charge in [0.25, 0.3) is 5.56 Å². The molecule has 7 nitrogen and oxygen atoms in total. The maximum atomic E-state index is 13.6. The number of anilines is 1. The summed E-state index contributed by atoms with van der Waals surface area (Å²) in [5.41, 5.74) is 1.48. The van der Waals surface area contributed by atoms with Gasteiger partial charge in [-0.2, -0.15) is 0 Å². The van der Waals surface area contributed by atoms with Crippen molar-refractivity contribution in [3.8, 4) is 11.4 Å². The lowest BCUT2D eigenvalue weighted by atomic mass is 10.2. The van der Waals surface area contributed by atoms with Gasteiger partial charge < -0.3 is 15.0 Å². The predicted octanol–water partition coefficient (Wildman–Crippen LogP) is 5.27. The second-order valence-corrected chi connectivity index (χ2v) is 7.96. The predicted molar refractivity (Wildman–Crippen MR) is 131 cm³/mol. The number of carbonyl (C=O) groups is 1. The van der Waals surface area contributed by atoms with Crippen LogP contribution in [0.15, 0.2) is 77.6 Å². The molecule has 168 valence electrons. The summed E-state index contributed by atoms with van der Waals surface area (Å²) in [5, 5.41) is 3.90. The van der Waals surface area contributed by atoms with Crippen LogP contribution in [0.25, 0.3) is 16.6 Å². The molecule has 1 aromatic heterocycles. The van der Waals surface area contributed by atoms with E-state index in [2.05, 4.69) is 5.32 Å². The van der Waals surface area contributed by atoms with Gasteiger partial charge in [0.1, 0.15) is 11.6 Å². The van der Waals surface area contributed by atoms with Gasteiger partial charge in [-0.05, 0) is 55.5 Å². The number of nitrogens with zero attached hydrogens (tertiary/aromatic N) is 3. The molecular weight excluding hydrogens is 440 g/mol. The van der Waals surface area contributed by atoms with Crippen LogP contribution in [0.4, 0.5) is 10.5 Å². The molecule has 0 radical (unpaired) electrons. The van der Waals surface area contributed by atoms with Crippen LogP contribution in [0.3, 0.4) is 0 Å². The molecule has 33 heavy (non-hydrogen) atoms. The zero-order valence-electron chi connectivity index (χ0n) is 18.4. The first-order chi connectivity index (χ1) is 15.9. The summed E-state index contributed by atoms with van der Waals surface area (Å²) in [6, 6.07) is 20.3. The Balaban J connectivity index is 1.81. The molecular formula is C25H23ClN4O3. The van der Waals surface area contributed by atoms with Crippen molar-refractivity contribution in [1.82, 2.24) is 14.5 Å². The number of para-hydroxylation sites is 3. The lowest BCUT2D eigenvalue weighted by molar-refractivity contribution is 0.205. The summed E-state index contributed by atoms with van der Waals surface area (Å²) in [4.78, 5) is 32.8. The van der Waals surface area contributed by atoms with Crippen molar-refractivity contribution >= 4 is 34.2 Å². The molecule has 0 aliphatic heterocycles. The summed E-state index contributed by atoms with van der Waals surface area (Å²) in [6.07, 6.45) is 0. The monoisotopic (exact) mass is 462 g/mol. The minimum atomic E-state index is -0.542. The van der Waals surface area contributed by atoms with E-state index < -0.39 is 6.04 Å². The summed E-state index contributed by atoms with van der Waals surface area (Å²) in [5.74, 6) is 0.940. The van der Waals surface area contributed by atoms with Gasteiger partial charge in [-0.25, -0.2) is 9.78 Å². The van der Waals surface area contributed by atoms with E-state index >= 15 is 0 Å². The minimum absolute atomic E-state index is 0.238. The average molecular weight is 463 g/mol.